The van der Waals surface area contributed by atoms with E-state index in [-0.39, 0.29) is 6.54 Å². The molecule has 0 radical (unpaired) electrons. The van der Waals surface area contributed by atoms with E-state index >= 15 is 0 Å². The van der Waals surface area contributed by atoms with Crippen LogP contribution in [0.2, 0.25) is 0 Å². The number of carbonyl (C=O) groups is 1. The van der Waals surface area contributed by atoms with Gasteiger partial charge in [-0.3, -0.25) is 9.69 Å². The molecule has 0 unspecified atom stereocenters. The van der Waals surface area contributed by atoms with Gasteiger partial charge in [0.2, 0.25) is 0 Å². The van der Waals surface area contributed by atoms with E-state index in [0.29, 0.717) is 19.7 Å². The Labute approximate surface area is 78.5 Å². The van der Waals surface area contributed by atoms with E-state index in [0.717, 1.165) is 13.0 Å². The lowest BCUT2D eigenvalue weighted by atomic mass is 10.3. The van der Waals surface area contributed by atoms with E-state index in [9.17, 15) is 4.79 Å². The first-order valence-electron chi connectivity index (χ1n) is 4.34. The summed E-state index contributed by atoms with van der Waals surface area (Å²) >= 11 is 0. The van der Waals surface area contributed by atoms with Crippen LogP contribution in [0.3, 0.4) is 0 Å². The maximum Gasteiger partial charge on any atom is 0.317 e. The molecule has 0 aromatic heterocycles. The predicted octanol–water partition coefficient (Wildman–Crippen LogP) is -0.632. The van der Waals surface area contributed by atoms with Crippen LogP contribution in [-0.2, 0) is 9.53 Å². The fourth-order valence-corrected chi connectivity index (χ4v) is 1.08. The van der Waals surface area contributed by atoms with E-state index in [1.54, 1.807) is 12.0 Å². The molecule has 13 heavy (non-hydrogen) atoms. The van der Waals surface area contributed by atoms with Gasteiger partial charge in [-0.05, 0) is 6.42 Å². The minimum Gasteiger partial charge on any atom is -0.480 e. The fraction of sp³-hybridized carbons (Fsp3) is 0.875. The SMILES string of the molecule is COCCCN(CCN)CC(=O)O. The van der Waals surface area contributed by atoms with Crippen molar-refractivity contribution in [1.82, 2.24) is 4.90 Å². The molecule has 0 spiro atoms. The second-order valence-electron chi connectivity index (χ2n) is 2.80. The Hall–Kier alpha value is -0.650. The maximum atomic E-state index is 10.4. The van der Waals surface area contributed by atoms with Crippen LogP contribution in [0, 0.1) is 0 Å². The number of nitrogens with zero attached hydrogens (tertiary/aromatic N) is 1. The number of carboxylic acid groups (broad SMARTS) is 1. The van der Waals surface area contributed by atoms with Crippen LogP contribution in [0.4, 0.5) is 0 Å². The summed E-state index contributed by atoms with van der Waals surface area (Å²) in [6, 6.07) is 0. The molecule has 0 aromatic carbocycles. The Kier molecular flexibility index (Phi) is 7.57. The summed E-state index contributed by atoms with van der Waals surface area (Å²) in [5, 5.41) is 8.55. The number of carboxylic acids is 1. The first-order chi connectivity index (χ1) is 6.20. The molecular weight excluding hydrogens is 172 g/mol. The number of hydrogen-bond acceptors (Lipinski definition) is 4. The number of ether oxygens (including phenoxy) is 1. The highest BCUT2D eigenvalue weighted by Crippen LogP contribution is 1.91. The van der Waals surface area contributed by atoms with E-state index < -0.39 is 5.97 Å². The molecule has 78 valence electrons. The highest BCUT2D eigenvalue weighted by molar-refractivity contribution is 5.69. The van der Waals surface area contributed by atoms with Crippen LogP contribution < -0.4 is 5.73 Å². The zero-order valence-electron chi connectivity index (χ0n) is 8.03. The van der Waals surface area contributed by atoms with Gasteiger partial charge in [-0.25, -0.2) is 0 Å². The highest BCUT2D eigenvalue weighted by Gasteiger charge is 2.07. The van der Waals surface area contributed by atoms with Crippen molar-refractivity contribution >= 4 is 5.97 Å². The molecule has 0 aliphatic heterocycles. The molecule has 0 rings (SSSR count). The number of rotatable bonds is 8. The van der Waals surface area contributed by atoms with Crippen LogP contribution in [0.5, 0.6) is 0 Å². The van der Waals surface area contributed by atoms with Gasteiger partial charge in [0, 0.05) is 33.4 Å². The van der Waals surface area contributed by atoms with Crippen molar-refractivity contribution in [2.24, 2.45) is 5.73 Å². The topological polar surface area (TPSA) is 75.8 Å². The molecule has 5 nitrogen and oxygen atoms in total. The lowest BCUT2D eigenvalue weighted by molar-refractivity contribution is -0.138. The van der Waals surface area contributed by atoms with Gasteiger partial charge in [-0.2, -0.15) is 0 Å². The summed E-state index contributed by atoms with van der Waals surface area (Å²) in [7, 11) is 1.63. The standard InChI is InChI=1S/C8H18N2O3/c1-13-6-2-4-10(5-3-9)7-8(11)12/h2-7,9H2,1H3,(H,11,12). The van der Waals surface area contributed by atoms with Crippen LogP contribution in [0.15, 0.2) is 0 Å². The number of aliphatic carboxylic acids is 1. The van der Waals surface area contributed by atoms with Crippen molar-refractivity contribution < 1.29 is 14.6 Å². The third-order valence-electron chi connectivity index (χ3n) is 1.63. The van der Waals surface area contributed by atoms with Crippen molar-refractivity contribution in [2.75, 3.05) is 39.9 Å². The van der Waals surface area contributed by atoms with Crippen LogP contribution in [0.25, 0.3) is 0 Å². The van der Waals surface area contributed by atoms with Gasteiger partial charge in [0.05, 0.1) is 6.54 Å². The number of nitrogens with two attached hydrogens (primary N) is 1. The summed E-state index contributed by atoms with van der Waals surface area (Å²) < 4.78 is 4.87. The zero-order chi connectivity index (χ0) is 10.1. The third kappa shape index (κ3) is 7.70. The summed E-state index contributed by atoms with van der Waals surface area (Å²) in [5.41, 5.74) is 5.34. The second kappa shape index (κ2) is 7.97. The van der Waals surface area contributed by atoms with Crippen LogP contribution in [-0.4, -0.2) is 55.9 Å². The zero-order valence-corrected chi connectivity index (χ0v) is 8.03. The monoisotopic (exact) mass is 190 g/mol. The molecule has 5 heteroatoms. The van der Waals surface area contributed by atoms with Gasteiger partial charge in [0.25, 0.3) is 0 Å². The van der Waals surface area contributed by atoms with Gasteiger partial charge in [-0.1, -0.05) is 0 Å². The predicted molar refractivity (Wildman–Crippen MR) is 49.6 cm³/mol. The highest BCUT2D eigenvalue weighted by atomic mass is 16.5. The van der Waals surface area contributed by atoms with E-state index in [2.05, 4.69) is 0 Å². The summed E-state index contributed by atoms with van der Waals surface area (Å²) in [6.07, 6.45) is 0.837. The normalized spacial score (nSPS) is 10.7. The minimum atomic E-state index is -0.814. The Bertz CT molecular complexity index is 141. The van der Waals surface area contributed by atoms with Gasteiger partial charge < -0.3 is 15.6 Å². The average molecular weight is 190 g/mol. The van der Waals surface area contributed by atoms with E-state index in [1.165, 1.54) is 0 Å². The van der Waals surface area contributed by atoms with Crippen molar-refractivity contribution in [2.45, 2.75) is 6.42 Å². The molecule has 0 amide bonds. The summed E-state index contributed by atoms with van der Waals surface area (Å²) in [6.45, 7) is 2.54. The lowest BCUT2D eigenvalue weighted by Crippen LogP contribution is -2.35. The number of hydrogen-bond donors (Lipinski definition) is 2. The molecule has 3 N–H and O–H groups in total. The molecule has 0 saturated carbocycles. The van der Waals surface area contributed by atoms with Crippen molar-refractivity contribution in [3.8, 4) is 0 Å². The second-order valence-corrected chi connectivity index (χ2v) is 2.80. The maximum absolute atomic E-state index is 10.4. The van der Waals surface area contributed by atoms with E-state index in [4.69, 9.17) is 15.6 Å². The molecule has 0 aromatic rings. The van der Waals surface area contributed by atoms with Gasteiger partial charge in [-0.15, -0.1) is 0 Å². The van der Waals surface area contributed by atoms with Gasteiger partial charge >= 0.3 is 5.97 Å². The van der Waals surface area contributed by atoms with Gasteiger partial charge in [0.1, 0.15) is 0 Å². The largest absolute Gasteiger partial charge is 0.480 e. The fourth-order valence-electron chi connectivity index (χ4n) is 1.08. The van der Waals surface area contributed by atoms with E-state index in [1.807, 2.05) is 0 Å². The molecular formula is C8H18N2O3. The minimum absolute atomic E-state index is 0.0565. The molecule has 0 aliphatic rings. The molecule has 0 heterocycles. The smallest absolute Gasteiger partial charge is 0.317 e. The molecule has 0 saturated heterocycles. The molecule has 0 bridgehead atoms. The Balaban J connectivity index is 3.59. The quantitative estimate of drug-likeness (QED) is 0.498. The Morgan fingerprint density at radius 2 is 2.23 bits per heavy atom. The Morgan fingerprint density at radius 1 is 1.54 bits per heavy atom. The first kappa shape index (κ1) is 12.3. The molecule has 0 atom stereocenters. The van der Waals surface area contributed by atoms with Crippen molar-refractivity contribution in [1.29, 1.82) is 0 Å². The lowest BCUT2D eigenvalue weighted by Gasteiger charge is -2.18. The summed E-state index contributed by atoms with van der Waals surface area (Å²) in [5.74, 6) is -0.814. The van der Waals surface area contributed by atoms with Crippen LogP contribution >= 0.6 is 0 Å². The molecule has 0 aliphatic carbocycles. The van der Waals surface area contributed by atoms with Crippen molar-refractivity contribution in [3.05, 3.63) is 0 Å². The average Bonchev–Trinajstić information content (AvgIpc) is 2.04. The number of methoxy groups -OCH3 is 1. The van der Waals surface area contributed by atoms with Gasteiger partial charge in [0.15, 0.2) is 0 Å². The third-order valence-corrected chi connectivity index (χ3v) is 1.63. The molecule has 0 fully saturated rings. The van der Waals surface area contributed by atoms with Crippen LogP contribution in [0.1, 0.15) is 6.42 Å². The van der Waals surface area contributed by atoms with Crippen molar-refractivity contribution in [3.63, 3.8) is 0 Å². The summed E-state index contributed by atoms with van der Waals surface area (Å²) in [4.78, 5) is 12.2. The first-order valence-corrected chi connectivity index (χ1v) is 4.34. The Morgan fingerprint density at radius 3 is 2.69 bits per heavy atom.